The molecule has 1 aromatic carbocycles. The molecule has 0 radical (unpaired) electrons. The molecule has 0 saturated carbocycles. The molecule has 194 valence electrons. The number of aromatic hydroxyl groups is 1. The fourth-order valence-electron chi connectivity index (χ4n) is 5.99. The van der Waals surface area contributed by atoms with Gasteiger partial charge in [-0.15, -0.1) is 0 Å². The van der Waals surface area contributed by atoms with E-state index >= 15 is 0 Å². The van der Waals surface area contributed by atoms with Gasteiger partial charge in [0.25, 0.3) is 0 Å². The van der Waals surface area contributed by atoms with Crippen molar-refractivity contribution in [3.8, 4) is 34.2 Å². The second-order valence-corrected chi connectivity index (χ2v) is 10.3. The lowest BCUT2D eigenvalue weighted by atomic mass is 9.80. The molecule has 7 rings (SSSR count). The van der Waals surface area contributed by atoms with Gasteiger partial charge in [0.15, 0.2) is 0 Å². The van der Waals surface area contributed by atoms with E-state index in [1.54, 1.807) is 17.1 Å². The summed E-state index contributed by atoms with van der Waals surface area (Å²) in [7, 11) is 1.87. The SMILES string of the molecule is Cn1cc(-c2cc3c(-c4ccc(N5C6CNC(Cc7cc(F)ccc7O)C5C6)nc4)c(C#N)cnc3[nH]2)cn1. The van der Waals surface area contributed by atoms with Gasteiger partial charge >= 0.3 is 0 Å². The normalized spacial score (nSPS) is 20.1. The molecule has 2 aliphatic heterocycles. The lowest BCUT2D eigenvalue weighted by Gasteiger charge is -2.57. The smallest absolute Gasteiger partial charge is 0.138 e. The van der Waals surface area contributed by atoms with E-state index in [4.69, 9.17) is 4.98 Å². The summed E-state index contributed by atoms with van der Waals surface area (Å²) in [4.78, 5) is 14.9. The molecule has 0 aliphatic carbocycles. The summed E-state index contributed by atoms with van der Waals surface area (Å²) >= 11 is 0. The first kappa shape index (κ1) is 23.4. The number of H-pyrrole nitrogens is 1. The van der Waals surface area contributed by atoms with Crippen molar-refractivity contribution in [2.75, 3.05) is 11.4 Å². The van der Waals surface area contributed by atoms with Crippen LogP contribution in [0.15, 0.2) is 61.2 Å². The topological polar surface area (TPSA) is 119 Å². The van der Waals surface area contributed by atoms with Crippen LogP contribution in [0.4, 0.5) is 10.2 Å². The number of aromatic nitrogens is 5. The van der Waals surface area contributed by atoms with Gasteiger partial charge in [-0.25, -0.2) is 14.4 Å². The Bertz CT molecular complexity index is 1750. The molecule has 10 heteroatoms. The summed E-state index contributed by atoms with van der Waals surface area (Å²) in [5.41, 5.74) is 5.22. The van der Waals surface area contributed by atoms with Crippen molar-refractivity contribution in [1.82, 2.24) is 30.0 Å². The molecule has 2 saturated heterocycles. The fourth-order valence-corrected chi connectivity index (χ4v) is 5.99. The number of phenolic OH excluding ortho intramolecular Hbond substituents is 1. The van der Waals surface area contributed by atoms with E-state index in [2.05, 4.69) is 31.4 Å². The second-order valence-electron chi connectivity index (χ2n) is 10.3. The first-order chi connectivity index (χ1) is 19.0. The zero-order chi connectivity index (χ0) is 26.7. The summed E-state index contributed by atoms with van der Waals surface area (Å²) in [6.07, 6.45) is 8.66. The van der Waals surface area contributed by atoms with Crippen molar-refractivity contribution in [1.29, 1.82) is 5.26 Å². The zero-order valence-corrected chi connectivity index (χ0v) is 21.1. The maximum Gasteiger partial charge on any atom is 0.138 e. The second kappa shape index (κ2) is 8.92. The number of piperazine rings is 1. The Morgan fingerprint density at radius 1 is 1.13 bits per heavy atom. The number of nitrogens with zero attached hydrogens (tertiary/aromatic N) is 6. The van der Waals surface area contributed by atoms with E-state index < -0.39 is 0 Å². The number of halogens is 1. The molecule has 3 atom stereocenters. The van der Waals surface area contributed by atoms with Crippen LogP contribution in [0.3, 0.4) is 0 Å². The number of benzene rings is 1. The quantitative estimate of drug-likeness (QED) is 0.322. The van der Waals surface area contributed by atoms with Crippen LogP contribution in [0.1, 0.15) is 17.5 Å². The molecule has 6 heterocycles. The summed E-state index contributed by atoms with van der Waals surface area (Å²) in [5, 5.41) is 28.7. The molecule has 3 unspecified atom stereocenters. The molecule has 2 fully saturated rings. The highest BCUT2D eigenvalue weighted by Gasteiger charge is 2.47. The number of nitriles is 1. The van der Waals surface area contributed by atoms with E-state index in [0.717, 1.165) is 46.6 Å². The molecule has 0 spiro atoms. The maximum atomic E-state index is 13.8. The number of phenols is 1. The molecule has 2 aliphatic rings. The number of aryl methyl sites for hydroxylation is 1. The van der Waals surface area contributed by atoms with Crippen molar-refractivity contribution in [3.05, 3.63) is 78.1 Å². The van der Waals surface area contributed by atoms with Gasteiger partial charge in [-0.1, -0.05) is 0 Å². The van der Waals surface area contributed by atoms with E-state index in [1.807, 2.05) is 37.6 Å². The van der Waals surface area contributed by atoms with Crippen LogP contribution >= 0.6 is 0 Å². The molecular formula is C29H25FN8O. The largest absolute Gasteiger partial charge is 0.508 e. The predicted octanol–water partition coefficient (Wildman–Crippen LogP) is 3.90. The van der Waals surface area contributed by atoms with Crippen LogP contribution in [0.5, 0.6) is 5.75 Å². The molecule has 0 amide bonds. The maximum absolute atomic E-state index is 13.8. The summed E-state index contributed by atoms with van der Waals surface area (Å²) in [5.74, 6) is 0.627. The highest BCUT2D eigenvalue weighted by atomic mass is 19.1. The van der Waals surface area contributed by atoms with Gasteiger partial charge in [0.05, 0.1) is 17.5 Å². The third kappa shape index (κ3) is 3.90. The van der Waals surface area contributed by atoms with Gasteiger partial charge in [0.1, 0.15) is 29.1 Å². The number of pyridine rings is 2. The van der Waals surface area contributed by atoms with Crippen molar-refractivity contribution in [3.63, 3.8) is 0 Å². The van der Waals surface area contributed by atoms with E-state index in [9.17, 15) is 14.8 Å². The van der Waals surface area contributed by atoms with Crippen LogP contribution in [0.2, 0.25) is 0 Å². The Balaban J connectivity index is 1.19. The minimum atomic E-state index is -0.351. The monoisotopic (exact) mass is 520 g/mol. The highest BCUT2D eigenvalue weighted by molar-refractivity contribution is 5.98. The van der Waals surface area contributed by atoms with Crippen molar-refractivity contribution < 1.29 is 9.50 Å². The first-order valence-electron chi connectivity index (χ1n) is 12.8. The van der Waals surface area contributed by atoms with Crippen LogP contribution in [0, 0.1) is 17.1 Å². The van der Waals surface area contributed by atoms with E-state index in [0.29, 0.717) is 29.2 Å². The van der Waals surface area contributed by atoms with Gasteiger partial charge < -0.3 is 20.3 Å². The van der Waals surface area contributed by atoms with E-state index in [-0.39, 0.29) is 23.7 Å². The van der Waals surface area contributed by atoms with Gasteiger partial charge in [-0.3, -0.25) is 4.68 Å². The number of hydrogen-bond donors (Lipinski definition) is 3. The van der Waals surface area contributed by atoms with E-state index in [1.165, 1.54) is 18.2 Å². The van der Waals surface area contributed by atoms with Crippen LogP contribution in [0.25, 0.3) is 33.4 Å². The van der Waals surface area contributed by atoms with Crippen LogP contribution in [-0.4, -0.2) is 54.5 Å². The van der Waals surface area contributed by atoms with Gasteiger partial charge in [0.2, 0.25) is 0 Å². The number of rotatable bonds is 5. The third-order valence-electron chi connectivity index (χ3n) is 7.92. The molecule has 5 aromatic rings. The summed E-state index contributed by atoms with van der Waals surface area (Å²) in [6.45, 7) is 0.796. The van der Waals surface area contributed by atoms with Gasteiger partial charge in [-0.05, 0) is 54.8 Å². The number of nitrogens with one attached hydrogen (secondary N) is 2. The molecule has 9 nitrogen and oxygen atoms in total. The standard InChI is InChI=1S/C29H25FN8O/c1-37-15-19(13-35-37)23-9-22-28(18(10-31)12-34-29(22)36-23)16-2-5-27(33-11-16)38-21-8-25(38)24(32-14-21)7-17-6-20(30)3-4-26(17)39/h2-6,9,11-13,15,21,24-25,32,39H,7-8,14H2,1H3,(H,34,36). The van der Waals surface area contributed by atoms with Gasteiger partial charge in [-0.2, -0.15) is 10.4 Å². The van der Waals surface area contributed by atoms with Crippen molar-refractivity contribution in [2.24, 2.45) is 7.05 Å². The molecule has 2 bridgehead atoms. The van der Waals surface area contributed by atoms with Gasteiger partial charge in [0, 0.05) is 72.4 Å². The number of hydrogen-bond acceptors (Lipinski definition) is 7. The number of fused-ring (bicyclic) bond motifs is 3. The minimum absolute atomic E-state index is 0.0694. The number of aromatic amines is 1. The first-order valence-corrected chi connectivity index (χ1v) is 12.8. The predicted molar refractivity (Wildman–Crippen MR) is 144 cm³/mol. The summed E-state index contributed by atoms with van der Waals surface area (Å²) in [6, 6.07) is 13.0. The highest BCUT2D eigenvalue weighted by Crippen LogP contribution is 2.39. The van der Waals surface area contributed by atoms with Crippen molar-refractivity contribution >= 4 is 16.9 Å². The number of piperidine rings is 1. The summed E-state index contributed by atoms with van der Waals surface area (Å²) < 4.78 is 15.5. The average Bonchev–Trinajstić information content (AvgIpc) is 3.57. The van der Waals surface area contributed by atoms with Crippen LogP contribution < -0.4 is 10.2 Å². The molecule has 3 N–H and O–H groups in total. The molecule has 4 aromatic heterocycles. The Morgan fingerprint density at radius 2 is 2.03 bits per heavy atom. The Morgan fingerprint density at radius 3 is 2.77 bits per heavy atom. The molecular weight excluding hydrogens is 495 g/mol. The molecule has 39 heavy (non-hydrogen) atoms. The van der Waals surface area contributed by atoms with Crippen molar-refractivity contribution in [2.45, 2.75) is 31.0 Å². The third-order valence-corrected chi connectivity index (χ3v) is 7.92. The lowest BCUT2D eigenvalue weighted by Crippen LogP contribution is -2.73. The van der Waals surface area contributed by atoms with Crippen LogP contribution in [-0.2, 0) is 13.5 Å². The Labute approximate surface area is 223 Å². The Kier molecular flexibility index (Phi) is 5.35. The minimum Gasteiger partial charge on any atom is -0.508 e. The fraction of sp³-hybridized carbons (Fsp3) is 0.241. The lowest BCUT2D eigenvalue weighted by molar-refractivity contribution is 0.196. The Hall–Kier alpha value is -4.75. The zero-order valence-electron chi connectivity index (χ0n) is 21.1. The average molecular weight is 521 g/mol. The number of anilines is 1.